The van der Waals surface area contributed by atoms with Crippen molar-refractivity contribution in [1.29, 1.82) is 0 Å². The predicted octanol–water partition coefficient (Wildman–Crippen LogP) is 4.00. The number of thioether (sulfide) groups is 1. The van der Waals surface area contributed by atoms with Crippen LogP contribution >= 0.6 is 11.8 Å². The molecule has 0 radical (unpaired) electrons. The summed E-state index contributed by atoms with van der Waals surface area (Å²) in [6.07, 6.45) is 1.47. The van der Waals surface area contributed by atoms with E-state index in [1.807, 2.05) is 11.8 Å². The minimum Gasteiger partial charge on any atom is -0.370 e. The van der Waals surface area contributed by atoms with Crippen molar-refractivity contribution in [3.05, 3.63) is 59.7 Å². The molecule has 0 aromatic heterocycles. The van der Waals surface area contributed by atoms with E-state index < -0.39 is 0 Å². The smallest absolute Gasteiger partial charge is 0.220 e. The third kappa shape index (κ3) is 4.54. The standard InChI is InChI=1S/C20H24N2OS/c1-16-8-10-17(11-9-16)15-21-20(23)7-4-12-22-13-14-24-19-6-3-2-5-18(19)22/h2-3,5-6,8-11H,4,7,12-15H2,1H3,(H,21,23). The summed E-state index contributed by atoms with van der Waals surface area (Å²) >= 11 is 1.92. The fraction of sp³-hybridized carbons (Fsp3) is 0.350. The Kier molecular flexibility index (Phi) is 5.81. The highest BCUT2D eigenvalue weighted by Crippen LogP contribution is 2.34. The van der Waals surface area contributed by atoms with Crippen LogP contribution in [0.2, 0.25) is 0 Å². The second-order valence-corrected chi connectivity index (χ2v) is 7.31. The number of anilines is 1. The average molecular weight is 340 g/mol. The molecule has 0 aliphatic carbocycles. The van der Waals surface area contributed by atoms with Gasteiger partial charge >= 0.3 is 0 Å². The number of nitrogens with one attached hydrogen (secondary N) is 1. The zero-order valence-corrected chi connectivity index (χ0v) is 14.9. The Morgan fingerprint density at radius 3 is 2.79 bits per heavy atom. The number of aryl methyl sites for hydroxylation is 1. The second kappa shape index (κ2) is 8.25. The number of fused-ring (bicyclic) bond motifs is 1. The Balaban J connectivity index is 1.42. The first-order valence-corrected chi connectivity index (χ1v) is 9.50. The van der Waals surface area contributed by atoms with Crippen LogP contribution in [0.3, 0.4) is 0 Å². The zero-order valence-electron chi connectivity index (χ0n) is 14.1. The van der Waals surface area contributed by atoms with Crippen molar-refractivity contribution < 1.29 is 4.79 Å². The summed E-state index contributed by atoms with van der Waals surface area (Å²) < 4.78 is 0. The monoisotopic (exact) mass is 340 g/mol. The molecule has 2 aromatic rings. The summed E-state index contributed by atoms with van der Waals surface area (Å²) in [5.41, 5.74) is 3.70. The Labute approximate surface area is 148 Å². The van der Waals surface area contributed by atoms with Crippen molar-refractivity contribution in [1.82, 2.24) is 5.32 Å². The molecule has 1 aliphatic heterocycles. The molecule has 0 spiro atoms. The summed E-state index contributed by atoms with van der Waals surface area (Å²) in [6, 6.07) is 16.8. The van der Waals surface area contributed by atoms with Gasteiger partial charge in [-0.05, 0) is 31.0 Å². The predicted molar refractivity (Wildman–Crippen MR) is 102 cm³/mol. The molecule has 2 aromatic carbocycles. The summed E-state index contributed by atoms with van der Waals surface area (Å²) in [7, 11) is 0. The van der Waals surface area contributed by atoms with Crippen molar-refractivity contribution in [2.75, 3.05) is 23.7 Å². The van der Waals surface area contributed by atoms with Crippen molar-refractivity contribution in [3.8, 4) is 0 Å². The van der Waals surface area contributed by atoms with Crippen molar-refractivity contribution in [2.24, 2.45) is 0 Å². The van der Waals surface area contributed by atoms with E-state index in [-0.39, 0.29) is 5.91 Å². The Hall–Kier alpha value is -1.94. The van der Waals surface area contributed by atoms with Gasteiger partial charge in [0.05, 0.1) is 5.69 Å². The SMILES string of the molecule is Cc1ccc(CNC(=O)CCCN2CCSc3ccccc32)cc1. The first kappa shape index (κ1) is 16.9. The summed E-state index contributed by atoms with van der Waals surface area (Å²) in [4.78, 5) is 15.8. The highest BCUT2D eigenvalue weighted by molar-refractivity contribution is 7.99. The Bertz CT molecular complexity index is 684. The number of amides is 1. The van der Waals surface area contributed by atoms with Gasteiger partial charge in [-0.25, -0.2) is 0 Å². The zero-order chi connectivity index (χ0) is 16.8. The topological polar surface area (TPSA) is 32.3 Å². The molecular weight excluding hydrogens is 316 g/mol. The third-order valence-electron chi connectivity index (χ3n) is 4.27. The lowest BCUT2D eigenvalue weighted by molar-refractivity contribution is -0.121. The van der Waals surface area contributed by atoms with Crippen LogP contribution in [0.15, 0.2) is 53.4 Å². The first-order chi connectivity index (χ1) is 11.7. The fourth-order valence-electron chi connectivity index (χ4n) is 2.88. The fourth-order valence-corrected chi connectivity index (χ4v) is 3.94. The number of nitrogens with zero attached hydrogens (tertiary/aromatic N) is 1. The van der Waals surface area contributed by atoms with Crippen LogP contribution in [-0.2, 0) is 11.3 Å². The third-order valence-corrected chi connectivity index (χ3v) is 5.31. The molecule has 0 saturated heterocycles. The number of rotatable bonds is 6. The number of carbonyl (C=O) groups excluding carboxylic acids is 1. The van der Waals surface area contributed by atoms with E-state index >= 15 is 0 Å². The minimum atomic E-state index is 0.134. The van der Waals surface area contributed by atoms with Crippen LogP contribution in [0.5, 0.6) is 0 Å². The number of carbonyl (C=O) groups is 1. The van der Waals surface area contributed by atoms with E-state index in [4.69, 9.17) is 0 Å². The van der Waals surface area contributed by atoms with Crippen molar-refractivity contribution >= 4 is 23.4 Å². The van der Waals surface area contributed by atoms with Gasteiger partial charge in [0.25, 0.3) is 0 Å². The summed E-state index contributed by atoms with van der Waals surface area (Å²) in [5, 5.41) is 3.01. The molecule has 0 bridgehead atoms. The quantitative estimate of drug-likeness (QED) is 0.862. The van der Waals surface area contributed by atoms with Gasteiger partial charge in [0.1, 0.15) is 0 Å². The van der Waals surface area contributed by atoms with E-state index in [1.165, 1.54) is 16.1 Å². The lowest BCUT2D eigenvalue weighted by Gasteiger charge is -2.30. The van der Waals surface area contributed by atoms with Gasteiger partial charge in [0.15, 0.2) is 0 Å². The van der Waals surface area contributed by atoms with Gasteiger partial charge in [-0.2, -0.15) is 0 Å². The lowest BCUT2D eigenvalue weighted by Crippen LogP contribution is -2.31. The first-order valence-electron chi connectivity index (χ1n) is 8.51. The molecular formula is C20H24N2OS. The van der Waals surface area contributed by atoms with E-state index in [2.05, 4.69) is 65.7 Å². The Morgan fingerprint density at radius 1 is 1.17 bits per heavy atom. The molecule has 0 saturated carbocycles. The van der Waals surface area contributed by atoms with Crippen LogP contribution in [0.4, 0.5) is 5.69 Å². The van der Waals surface area contributed by atoms with Gasteiger partial charge in [0, 0.05) is 36.7 Å². The second-order valence-electron chi connectivity index (χ2n) is 6.17. The van der Waals surface area contributed by atoms with E-state index in [1.54, 1.807) is 0 Å². The molecule has 24 heavy (non-hydrogen) atoms. The van der Waals surface area contributed by atoms with Crippen LogP contribution in [0, 0.1) is 6.92 Å². The van der Waals surface area contributed by atoms with Crippen molar-refractivity contribution in [3.63, 3.8) is 0 Å². The van der Waals surface area contributed by atoms with Crippen LogP contribution < -0.4 is 10.2 Å². The summed E-state index contributed by atoms with van der Waals surface area (Å²) in [6.45, 7) is 4.68. The van der Waals surface area contributed by atoms with Gasteiger partial charge in [-0.3, -0.25) is 4.79 Å². The number of para-hydroxylation sites is 1. The maximum atomic E-state index is 12.0. The molecule has 0 fully saturated rings. The maximum absolute atomic E-state index is 12.0. The number of hydrogen-bond donors (Lipinski definition) is 1. The highest BCUT2D eigenvalue weighted by Gasteiger charge is 2.16. The molecule has 1 aliphatic rings. The lowest BCUT2D eigenvalue weighted by atomic mass is 10.1. The summed E-state index contributed by atoms with van der Waals surface area (Å²) in [5.74, 6) is 1.26. The molecule has 3 nitrogen and oxygen atoms in total. The Morgan fingerprint density at radius 2 is 1.96 bits per heavy atom. The van der Waals surface area contributed by atoms with Gasteiger partial charge in [0.2, 0.25) is 5.91 Å². The van der Waals surface area contributed by atoms with Crippen LogP contribution in [-0.4, -0.2) is 24.7 Å². The van der Waals surface area contributed by atoms with Crippen LogP contribution in [0.1, 0.15) is 24.0 Å². The van der Waals surface area contributed by atoms with Gasteiger partial charge in [-0.1, -0.05) is 42.0 Å². The molecule has 0 unspecified atom stereocenters. The largest absolute Gasteiger partial charge is 0.370 e. The molecule has 4 heteroatoms. The van der Waals surface area contributed by atoms with Crippen molar-refractivity contribution in [2.45, 2.75) is 31.2 Å². The minimum absolute atomic E-state index is 0.134. The van der Waals surface area contributed by atoms with E-state index in [0.29, 0.717) is 13.0 Å². The van der Waals surface area contributed by atoms with Gasteiger partial charge < -0.3 is 10.2 Å². The highest BCUT2D eigenvalue weighted by atomic mass is 32.2. The van der Waals surface area contributed by atoms with Gasteiger partial charge in [-0.15, -0.1) is 11.8 Å². The number of hydrogen-bond acceptors (Lipinski definition) is 3. The molecule has 0 atom stereocenters. The maximum Gasteiger partial charge on any atom is 0.220 e. The van der Waals surface area contributed by atoms with E-state index in [9.17, 15) is 4.79 Å². The molecule has 1 amide bonds. The normalized spacial score (nSPS) is 13.5. The average Bonchev–Trinajstić information content (AvgIpc) is 2.61. The van der Waals surface area contributed by atoms with Crippen LogP contribution in [0.25, 0.3) is 0 Å². The molecule has 1 heterocycles. The number of benzene rings is 2. The van der Waals surface area contributed by atoms with E-state index in [0.717, 1.165) is 30.8 Å². The molecule has 1 N–H and O–H groups in total. The molecule has 126 valence electrons. The molecule has 3 rings (SSSR count).